The second kappa shape index (κ2) is 6.54. The highest BCUT2D eigenvalue weighted by molar-refractivity contribution is 5.84. The normalized spacial score (nSPS) is 12.0. The van der Waals surface area contributed by atoms with Crippen LogP contribution in [0.15, 0.2) is 24.3 Å². The van der Waals surface area contributed by atoms with Crippen LogP contribution in [0.25, 0.3) is 0 Å². The Hall–Kier alpha value is -1.02. The molecule has 1 rings (SSSR count). The fraction of sp³-hybridized carbons (Fsp3) is 0.462. The van der Waals surface area contributed by atoms with Gasteiger partial charge in [-0.05, 0) is 23.5 Å². The first-order valence-corrected chi connectivity index (χ1v) is 5.43. The average molecular weight is 240 g/mol. The Balaban J connectivity index is 0.00000225. The van der Waals surface area contributed by atoms with Crippen molar-refractivity contribution in [2.24, 2.45) is 11.7 Å². The molecule has 1 aromatic rings. The van der Waals surface area contributed by atoms with Gasteiger partial charge in [-0.3, -0.25) is 5.41 Å². The third-order valence-corrected chi connectivity index (χ3v) is 2.59. The summed E-state index contributed by atoms with van der Waals surface area (Å²) in [5.74, 6) is 0.936. The fourth-order valence-electron chi connectivity index (χ4n) is 1.59. The van der Waals surface area contributed by atoms with Crippen LogP contribution in [0.5, 0.6) is 0 Å². The second-order valence-corrected chi connectivity index (χ2v) is 4.52. The first-order valence-electron chi connectivity index (χ1n) is 5.43. The third-order valence-electron chi connectivity index (χ3n) is 2.59. The summed E-state index contributed by atoms with van der Waals surface area (Å²) in [5, 5.41) is 7.38. The molecule has 0 aliphatic carbocycles. The molecule has 0 aliphatic rings. The number of nitrogens with one attached hydrogen (secondary N) is 1. The lowest BCUT2D eigenvalue weighted by Gasteiger charge is -2.11. The maximum Gasteiger partial charge on any atom is 0.0979 e. The summed E-state index contributed by atoms with van der Waals surface area (Å²) < 4.78 is 0. The molecule has 1 atom stereocenters. The van der Waals surface area contributed by atoms with Gasteiger partial charge in [0.15, 0.2) is 0 Å². The lowest BCUT2D eigenvalue weighted by molar-refractivity contribution is -0.00000381. The van der Waals surface area contributed by atoms with Crippen molar-refractivity contribution in [3.63, 3.8) is 0 Å². The van der Waals surface area contributed by atoms with Gasteiger partial charge >= 0.3 is 0 Å². The Bertz CT molecular complexity index is 330. The maximum atomic E-state index is 7.38. The van der Waals surface area contributed by atoms with Crippen LogP contribution in [0.3, 0.4) is 0 Å². The standard InChI is InChI=1S/C13H20N2.ClH/c1-9(2)8-11-4-6-12(7-5-11)10(3)13(14)15;/h4-7,9-10H,8H2,1-3H3,(H3,14,15);1H/p-1. The molecule has 0 amide bonds. The van der Waals surface area contributed by atoms with E-state index in [2.05, 4.69) is 38.1 Å². The van der Waals surface area contributed by atoms with E-state index in [9.17, 15) is 0 Å². The molecule has 0 aliphatic heterocycles. The highest BCUT2D eigenvalue weighted by Crippen LogP contribution is 2.16. The van der Waals surface area contributed by atoms with E-state index in [-0.39, 0.29) is 24.2 Å². The van der Waals surface area contributed by atoms with Crippen LogP contribution >= 0.6 is 0 Å². The molecule has 0 aromatic heterocycles. The molecule has 16 heavy (non-hydrogen) atoms. The van der Waals surface area contributed by atoms with Crippen molar-refractivity contribution in [1.82, 2.24) is 0 Å². The summed E-state index contributed by atoms with van der Waals surface area (Å²) in [6, 6.07) is 8.41. The molecule has 90 valence electrons. The number of amidine groups is 1. The lowest BCUT2D eigenvalue weighted by Crippen LogP contribution is -3.00. The van der Waals surface area contributed by atoms with Crippen molar-refractivity contribution in [1.29, 1.82) is 5.41 Å². The fourth-order valence-corrected chi connectivity index (χ4v) is 1.59. The number of nitrogens with two attached hydrogens (primary N) is 1. The topological polar surface area (TPSA) is 49.9 Å². The Kier molecular flexibility index (Phi) is 6.12. The summed E-state index contributed by atoms with van der Waals surface area (Å²) in [6.07, 6.45) is 1.11. The van der Waals surface area contributed by atoms with E-state index < -0.39 is 0 Å². The van der Waals surface area contributed by atoms with E-state index in [0.29, 0.717) is 5.92 Å². The summed E-state index contributed by atoms with van der Waals surface area (Å²) in [7, 11) is 0. The molecule has 1 unspecified atom stereocenters. The maximum absolute atomic E-state index is 7.38. The molecule has 0 bridgehead atoms. The molecular weight excluding hydrogens is 220 g/mol. The molecule has 0 fully saturated rings. The molecular formula is C13H20ClN2-. The Morgan fingerprint density at radius 2 is 1.69 bits per heavy atom. The van der Waals surface area contributed by atoms with Crippen LogP contribution in [-0.2, 0) is 6.42 Å². The Morgan fingerprint density at radius 1 is 1.19 bits per heavy atom. The van der Waals surface area contributed by atoms with Gasteiger partial charge in [0.25, 0.3) is 0 Å². The van der Waals surface area contributed by atoms with E-state index in [1.807, 2.05) is 6.92 Å². The second-order valence-electron chi connectivity index (χ2n) is 4.52. The summed E-state index contributed by atoms with van der Waals surface area (Å²) in [6.45, 7) is 6.39. The van der Waals surface area contributed by atoms with Gasteiger partial charge in [0.05, 0.1) is 5.84 Å². The Labute approximate surface area is 104 Å². The van der Waals surface area contributed by atoms with E-state index in [1.165, 1.54) is 5.56 Å². The summed E-state index contributed by atoms with van der Waals surface area (Å²) in [4.78, 5) is 0. The average Bonchev–Trinajstić information content (AvgIpc) is 2.17. The minimum absolute atomic E-state index is 0. The number of hydrogen-bond acceptors (Lipinski definition) is 1. The molecule has 0 saturated heterocycles. The molecule has 0 heterocycles. The first-order chi connectivity index (χ1) is 7.00. The van der Waals surface area contributed by atoms with Crippen LogP contribution in [0.4, 0.5) is 0 Å². The van der Waals surface area contributed by atoms with Crippen molar-refractivity contribution < 1.29 is 12.4 Å². The monoisotopic (exact) mass is 239 g/mol. The van der Waals surface area contributed by atoms with E-state index in [1.54, 1.807) is 0 Å². The number of benzene rings is 1. The van der Waals surface area contributed by atoms with Crippen LogP contribution < -0.4 is 18.1 Å². The molecule has 0 radical (unpaired) electrons. The van der Waals surface area contributed by atoms with Crippen LogP contribution in [0.2, 0.25) is 0 Å². The predicted molar refractivity (Wildman–Crippen MR) is 65.3 cm³/mol. The highest BCUT2D eigenvalue weighted by atomic mass is 35.5. The molecule has 0 saturated carbocycles. The van der Waals surface area contributed by atoms with Crippen molar-refractivity contribution in [3.8, 4) is 0 Å². The zero-order chi connectivity index (χ0) is 11.4. The molecule has 1 aromatic carbocycles. The van der Waals surface area contributed by atoms with Gasteiger partial charge in [0.1, 0.15) is 0 Å². The van der Waals surface area contributed by atoms with Crippen molar-refractivity contribution >= 4 is 5.84 Å². The lowest BCUT2D eigenvalue weighted by atomic mass is 9.96. The van der Waals surface area contributed by atoms with Gasteiger partial charge < -0.3 is 18.1 Å². The molecule has 2 nitrogen and oxygen atoms in total. The van der Waals surface area contributed by atoms with Gasteiger partial charge in [-0.1, -0.05) is 45.0 Å². The zero-order valence-corrected chi connectivity index (χ0v) is 10.9. The number of hydrogen-bond donors (Lipinski definition) is 2. The SMILES string of the molecule is CC(C)Cc1ccc(C(C)C(=N)N)cc1.[Cl-]. The van der Waals surface area contributed by atoms with E-state index in [0.717, 1.165) is 12.0 Å². The van der Waals surface area contributed by atoms with E-state index >= 15 is 0 Å². The van der Waals surface area contributed by atoms with Crippen LogP contribution in [0, 0.1) is 11.3 Å². The summed E-state index contributed by atoms with van der Waals surface area (Å²) in [5.41, 5.74) is 7.94. The van der Waals surface area contributed by atoms with Gasteiger partial charge in [-0.15, -0.1) is 0 Å². The van der Waals surface area contributed by atoms with Crippen LogP contribution in [-0.4, -0.2) is 5.84 Å². The number of rotatable bonds is 4. The summed E-state index contributed by atoms with van der Waals surface area (Å²) >= 11 is 0. The Morgan fingerprint density at radius 3 is 2.06 bits per heavy atom. The molecule has 3 N–H and O–H groups in total. The smallest absolute Gasteiger partial charge is 0.0979 e. The minimum atomic E-state index is 0. The predicted octanol–water partition coefficient (Wildman–Crippen LogP) is -0.0714. The number of halogens is 1. The molecule has 3 heteroatoms. The minimum Gasteiger partial charge on any atom is -1.00 e. The van der Waals surface area contributed by atoms with Gasteiger partial charge in [-0.25, -0.2) is 0 Å². The van der Waals surface area contributed by atoms with Crippen molar-refractivity contribution in [2.45, 2.75) is 33.1 Å². The zero-order valence-electron chi connectivity index (χ0n) is 10.1. The van der Waals surface area contributed by atoms with Crippen molar-refractivity contribution in [3.05, 3.63) is 35.4 Å². The van der Waals surface area contributed by atoms with E-state index in [4.69, 9.17) is 11.1 Å². The largest absolute Gasteiger partial charge is 1.00 e. The van der Waals surface area contributed by atoms with Crippen molar-refractivity contribution in [2.75, 3.05) is 0 Å². The van der Waals surface area contributed by atoms with Gasteiger partial charge in [-0.2, -0.15) is 0 Å². The quantitative estimate of drug-likeness (QED) is 0.561. The first kappa shape index (κ1) is 15.0. The highest BCUT2D eigenvalue weighted by Gasteiger charge is 2.07. The van der Waals surface area contributed by atoms with Crippen LogP contribution in [0.1, 0.15) is 37.8 Å². The van der Waals surface area contributed by atoms with Gasteiger partial charge in [0.2, 0.25) is 0 Å². The molecule has 0 spiro atoms. The third kappa shape index (κ3) is 4.23. The van der Waals surface area contributed by atoms with Gasteiger partial charge in [0, 0.05) is 5.92 Å².